The zero-order valence-electron chi connectivity index (χ0n) is 20.8. The van der Waals surface area contributed by atoms with Crippen LogP contribution in [-0.4, -0.2) is 29.4 Å². The molecule has 0 aliphatic carbocycles. The summed E-state index contributed by atoms with van der Waals surface area (Å²) in [5, 5.41) is 7.30. The molecule has 4 aromatic rings. The number of fused-ring (bicyclic) bond motifs is 1. The number of quaternary nitrogens is 1. The maximum Gasteiger partial charge on any atom is 0.274 e. The molecule has 1 N–H and O–H groups in total. The lowest BCUT2D eigenvalue weighted by molar-refractivity contribution is -0.899. The first-order chi connectivity index (χ1) is 17.6. The fourth-order valence-electron chi connectivity index (χ4n) is 5.40. The number of nitrogens with zero attached hydrogens (tertiary/aromatic N) is 2. The lowest BCUT2D eigenvalue weighted by atomic mass is 10.0. The Bertz CT molecular complexity index is 1390. The molecule has 7 heteroatoms. The molecule has 1 aromatic heterocycles. The maximum atomic E-state index is 13.9. The molecule has 3 aromatic carbocycles. The molecule has 2 unspecified atom stereocenters. The highest BCUT2D eigenvalue weighted by atomic mass is 35.5. The SMILES string of the molecule is O=c1c2ccccc2c(Cc2ccc(Cl)cc2)nn1C1CCC[NH+](CCCc2ccccc2F)CC1.[Cl-]. The Morgan fingerprint density at radius 1 is 0.946 bits per heavy atom. The summed E-state index contributed by atoms with van der Waals surface area (Å²) < 4.78 is 15.7. The number of hydrogen-bond acceptors (Lipinski definition) is 2. The molecule has 37 heavy (non-hydrogen) atoms. The lowest BCUT2D eigenvalue weighted by Crippen LogP contribution is -3.11. The van der Waals surface area contributed by atoms with Gasteiger partial charge in [0.05, 0.1) is 36.8 Å². The highest BCUT2D eigenvalue weighted by Gasteiger charge is 2.24. The molecule has 4 nitrogen and oxygen atoms in total. The first kappa shape index (κ1) is 27.3. The van der Waals surface area contributed by atoms with Crippen LogP contribution in [0.4, 0.5) is 4.39 Å². The van der Waals surface area contributed by atoms with Crippen LogP contribution in [0, 0.1) is 5.82 Å². The van der Waals surface area contributed by atoms with Crippen LogP contribution in [0.5, 0.6) is 0 Å². The molecule has 1 aliphatic heterocycles. The number of rotatable bonds is 7. The van der Waals surface area contributed by atoms with Crippen LogP contribution < -0.4 is 22.9 Å². The minimum Gasteiger partial charge on any atom is -1.00 e. The van der Waals surface area contributed by atoms with Crippen molar-refractivity contribution in [2.24, 2.45) is 0 Å². The van der Waals surface area contributed by atoms with E-state index in [0.29, 0.717) is 11.4 Å². The fraction of sp³-hybridized carbons (Fsp3) is 0.333. The quantitative estimate of drug-likeness (QED) is 0.390. The van der Waals surface area contributed by atoms with Gasteiger partial charge in [-0.25, -0.2) is 9.07 Å². The van der Waals surface area contributed by atoms with Gasteiger partial charge in [0.2, 0.25) is 0 Å². The smallest absolute Gasteiger partial charge is 0.274 e. The zero-order chi connectivity index (χ0) is 24.9. The van der Waals surface area contributed by atoms with Crippen molar-refractivity contribution in [3.8, 4) is 0 Å². The van der Waals surface area contributed by atoms with E-state index < -0.39 is 0 Å². The highest BCUT2D eigenvalue weighted by Crippen LogP contribution is 2.22. The summed E-state index contributed by atoms with van der Waals surface area (Å²) in [7, 11) is 0. The van der Waals surface area contributed by atoms with Gasteiger partial charge < -0.3 is 17.3 Å². The van der Waals surface area contributed by atoms with Crippen molar-refractivity contribution >= 4 is 22.4 Å². The molecule has 1 fully saturated rings. The number of hydrogen-bond donors (Lipinski definition) is 1. The van der Waals surface area contributed by atoms with Crippen LogP contribution in [0.2, 0.25) is 5.02 Å². The predicted octanol–water partition coefficient (Wildman–Crippen LogP) is 2.03. The summed E-state index contributed by atoms with van der Waals surface area (Å²) in [6.45, 7) is 3.09. The molecule has 0 radical (unpaired) electrons. The molecule has 0 saturated carbocycles. The number of halogens is 3. The molecule has 1 saturated heterocycles. The number of aromatic nitrogens is 2. The topological polar surface area (TPSA) is 39.3 Å². The maximum absolute atomic E-state index is 13.9. The van der Waals surface area contributed by atoms with Gasteiger partial charge >= 0.3 is 0 Å². The summed E-state index contributed by atoms with van der Waals surface area (Å²) in [5.74, 6) is -0.111. The highest BCUT2D eigenvalue weighted by molar-refractivity contribution is 6.30. The predicted molar refractivity (Wildman–Crippen MR) is 143 cm³/mol. The third-order valence-electron chi connectivity index (χ3n) is 7.37. The van der Waals surface area contributed by atoms with E-state index >= 15 is 0 Å². The van der Waals surface area contributed by atoms with Crippen LogP contribution >= 0.6 is 11.6 Å². The van der Waals surface area contributed by atoms with E-state index in [9.17, 15) is 9.18 Å². The summed E-state index contributed by atoms with van der Waals surface area (Å²) >= 11 is 6.07. The number of aryl methyl sites for hydroxylation is 1. The molecular formula is C30H32Cl2FN3O. The summed E-state index contributed by atoms with van der Waals surface area (Å²) in [6.07, 6.45) is 5.29. The average molecular weight is 541 g/mol. The molecule has 0 spiro atoms. The third kappa shape index (κ3) is 6.59. The van der Waals surface area contributed by atoms with E-state index in [2.05, 4.69) is 0 Å². The van der Waals surface area contributed by atoms with E-state index in [4.69, 9.17) is 16.7 Å². The van der Waals surface area contributed by atoms with Crippen molar-refractivity contribution < 1.29 is 21.7 Å². The van der Waals surface area contributed by atoms with E-state index in [1.165, 1.54) is 11.0 Å². The van der Waals surface area contributed by atoms with Gasteiger partial charge in [-0.1, -0.05) is 60.1 Å². The Hall–Kier alpha value is -2.73. The largest absolute Gasteiger partial charge is 1.00 e. The van der Waals surface area contributed by atoms with Gasteiger partial charge in [0.1, 0.15) is 5.82 Å². The Morgan fingerprint density at radius 2 is 1.68 bits per heavy atom. The van der Waals surface area contributed by atoms with E-state index in [0.717, 1.165) is 79.3 Å². The van der Waals surface area contributed by atoms with Gasteiger partial charge in [-0.05, 0) is 54.7 Å². The minimum atomic E-state index is -0.111. The molecule has 1 aliphatic rings. The normalized spacial score (nSPS) is 17.8. The van der Waals surface area contributed by atoms with Crippen molar-refractivity contribution in [2.75, 3.05) is 19.6 Å². The molecular weight excluding hydrogens is 508 g/mol. The number of nitrogens with one attached hydrogen (secondary N) is 1. The Balaban J connectivity index is 0.00000320. The van der Waals surface area contributed by atoms with E-state index in [1.54, 1.807) is 10.7 Å². The monoisotopic (exact) mass is 539 g/mol. The second-order valence-corrected chi connectivity index (χ2v) is 10.3. The van der Waals surface area contributed by atoms with Crippen molar-refractivity contribution in [3.05, 3.63) is 111 Å². The summed E-state index contributed by atoms with van der Waals surface area (Å²) in [4.78, 5) is 15.0. The van der Waals surface area contributed by atoms with Gasteiger partial charge in [-0.3, -0.25) is 4.79 Å². The Labute approximate surface area is 228 Å². The second-order valence-electron chi connectivity index (χ2n) is 9.82. The fourth-order valence-corrected chi connectivity index (χ4v) is 5.53. The van der Waals surface area contributed by atoms with Crippen molar-refractivity contribution in [1.82, 2.24) is 9.78 Å². The van der Waals surface area contributed by atoms with Crippen LogP contribution in [0.1, 0.15) is 48.5 Å². The minimum absolute atomic E-state index is 0. The van der Waals surface area contributed by atoms with Gasteiger partial charge in [0, 0.05) is 29.7 Å². The standard InChI is InChI=1S/C30H31ClFN3O.ClH/c31-24-15-13-22(14-16-24)21-29-26-10-2-3-11-27(26)30(36)35(33-29)25-9-6-19-34(20-17-25)18-5-8-23-7-1-4-12-28(23)32;/h1-4,7,10-16,25H,5-6,8-9,17-21H2;1H. The Morgan fingerprint density at radius 3 is 2.46 bits per heavy atom. The summed E-state index contributed by atoms with van der Waals surface area (Å²) in [6, 6.07) is 22.8. The van der Waals surface area contributed by atoms with Gasteiger partial charge in [0.15, 0.2) is 0 Å². The molecule has 0 bridgehead atoms. The van der Waals surface area contributed by atoms with Gasteiger partial charge in [0.25, 0.3) is 5.56 Å². The van der Waals surface area contributed by atoms with Crippen LogP contribution in [0.15, 0.2) is 77.6 Å². The van der Waals surface area contributed by atoms with Gasteiger partial charge in [-0.2, -0.15) is 5.10 Å². The van der Waals surface area contributed by atoms with Crippen LogP contribution in [0.25, 0.3) is 10.8 Å². The first-order valence-electron chi connectivity index (χ1n) is 12.9. The molecule has 0 amide bonds. The van der Waals surface area contributed by atoms with E-state index in [1.807, 2.05) is 60.7 Å². The lowest BCUT2D eigenvalue weighted by Gasteiger charge is -2.19. The van der Waals surface area contributed by atoms with Crippen molar-refractivity contribution in [2.45, 2.75) is 44.6 Å². The van der Waals surface area contributed by atoms with Gasteiger partial charge in [-0.15, -0.1) is 0 Å². The second kappa shape index (κ2) is 12.7. The van der Waals surface area contributed by atoms with Crippen LogP contribution in [0.3, 0.4) is 0 Å². The summed E-state index contributed by atoms with van der Waals surface area (Å²) in [5.41, 5.74) is 2.84. The van der Waals surface area contributed by atoms with Crippen molar-refractivity contribution in [3.63, 3.8) is 0 Å². The first-order valence-corrected chi connectivity index (χ1v) is 13.3. The Kier molecular flexibility index (Phi) is 9.36. The average Bonchev–Trinajstić information content (AvgIpc) is 3.14. The third-order valence-corrected chi connectivity index (χ3v) is 7.62. The zero-order valence-corrected chi connectivity index (χ0v) is 22.3. The molecule has 5 rings (SSSR count). The molecule has 2 heterocycles. The van der Waals surface area contributed by atoms with Crippen LogP contribution in [-0.2, 0) is 12.8 Å². The number of benzene rings is 3. The number of likely N-dealkylation sites (tertiary alicyclic amines) is 1. The molecule has 194 valence electrons. The van der Waals surface area contributed by atoms with Crippen molar-refractivity contribution in [1.29, 1.82) is 0 Å². The van der Waals surface area contributed by atoms with E-state index in [-0.39, 0.29) is 29.8 Å². The molecule has 2 atom stereocenters.